The van der Waals surface area contributed by atoms with Gasteiger partial charge in [0.15, 0.2) is 5.78 Å². The second-order valence-corrected chi connectivity index (χ2v) is 10.9. The summed E-state index contributed by atoms with van der Waals surface area (Å²) in [5.41, 5.74) is 18.1. The maximum atomic E-state index is 12.8. The van der Waals surface area contributed by atoms with Gasteiger partial charge in [-0.25, -0.2) is 0 Å². The summed E-state index contributed by atoms with van der Waals surface area (Å²) in [6.07, 6.45) is -0.503. The third-order valence-corrected chi connectivity index (χ3v) is 7.03. The minimum atomic E-state index is -5.44. The number of hydrogen-bond acceptors (Lipinski definition) is 10. The summed E-state index contributed by atoms with van der Waals surface area (Å²) in [4.78, 5) is 34.9. The van der Waals surface area contributed by atoms with Gasteiger partial charge in [0.05, 0.1) is 18.1 Å². The summed E-state index contributed by atoms with van der Waals surface area (Å²) < 4.78 is 39.2. The number of hydrogen-bond donors (Lipinski definition) is 5. The van der Waals surface area contributed by atoms with Crippen LogP contribution in [0.5, 0.6) is 0 Å². The largest absolute Gasteiger partial charge is 1.00 e. The molecule has 4 unspecified atom stereocenters. The standard InChI is InChI=1S/C23H37N3O8S.Na.H/c1-13(2)10-17(25)21(28)23(30,35(31,32)33)18(26)11-14(3)19(20(27)15(4)24)22(29)34-12-16-8-6-5-7-9-16;;/h5-9,13-15,17-19,30H,10-12,24-26H2,1-4H3,(H,31,32,33);;/q;+1;-1/t14?,15-,17-,18?,19?,23?;;/m1../s1. The maximum absolute atomic E-state index is 12.8. The zero-order valence-electron chi connectivity index (χ0n) is 22.5. The van der Waals surface area contributed by atoms with E-state index in [1.54, 1.807) is 44.2 Å². The van der Waals surface area contributed by atoms with E-state index >= 15 is 0 Å². The molecule has 0 aliphatic heterocycles. The summed E-state index contributed by atoms with van der Waals surface area (Å²) in [6.45, 7) is 6.10. The first-order valence-corrected chi connectivity index (χ1v) is 12.7. The molecule has 1 aromatic carbocycles. The number of ether oxygens (including phenoxy) is 1. The van der Waals surface area contributed by atoms with Crippen molar-refractivity contribution in [3.63, 3.8) is 0 Å². The first-order valence-electron chi connectivity index (χ1n) is 11.3. The Bertz CT molecular complexity index is 997. The monoisotopic (exact) mass is 539 g/mol. The van der Waals surface area contributed by atoms with Gasteiger partial charge in [0.25, 0.3) is 4.93 Å². The number of benzene rings is 1. The molecule has 0 saturated carbocycles. The average Bonchev–Trinajstić information content (AvgIpc) is 2.75. The minimum absolute atomic E-state index is 0. The minimum Gasteiger partial charge on any atom is -1.00 e. The smallest absolute Gasteiger partial charge is 1.00 e. The Hall–Kier alpha value is -1.22. The van der Waals surface area contributed by atoms with Gasteiger partial charge < -0.3 is 28.5 Å². The molecule has 200 valence electrons. The van der Waals surface area contributed by atoms with E-state index in [1.807, 2.05) is 0 Å². The fourth-order valence-corrected chi connectivity index (χ4v) is 4.69. The third-order valence-electron chi connectivity index (χ3n) is 5.74. The number of ketones is 2. The van der Waals surface area contributed by atoms with E-state index in [1.165, 1.54) is 13.8 Å². The molecule has 8 N–H and O–H groups in total. The zero-order valence-corrected chi connectivity index (χ0v) is 24.3. The molecule has 1 aromatic rings. The Morgan fingerprint density at radius 1 is 1.03 bits per heavy atom. The summed E-state index contributed by atoms with van der Waals surface area (Å²) >= 11 is 0. The van der Waals surface area contributed by atoms with Crippen molar-refractivity contribution in [3.8, 4) is 0 Å². The van der Waals surface area contributed by atoms with E-state index in [0.717, 1.165) is 0 Å². The number of aliphatic hydroxyl groups is 1. The first-order chi connectivity index (χ1) is 16.0. The number of esters is 1. The van der Waals surface area contributed by atoms with Gasteiger partial charge in [-0.2, -0.15) is 8.42 Å². The molecule has 36 heavy (non-hydrogen) atoms. The summed E-state index contributed by atoms with van der Waals surface area (Å²) in [5.74, 6) is -5.60. The Morgan fingerprint density at radius 3 is 2.00 bits per heavy atom. The van der Waals surface area contributed by atoms with Crippen LogP contribution in [0.1, 0.15) is 47.5 Å². The molecule has 1 rings (SSSR count). The Kier molecular flexibility index (Phi) is 14.2. The molecular weight excluding hydrogens is 501 g/mol. The van der Waals surface area contributed by atoms with E-state index in [-0.39, 0.29) is 49.9 Å². The predicted octanol–water partition coefficient (Wildman–Crippen LogP) is -2.75. The first kappa shape index (κ1) is 34.8. The molecular formula is C23H38N3NaO8S. The quantitative estimate of drug-likeness (QED) is 0.0707. The van der Waals surface area contributed by atoms with Gasteiger partial charge in [-0.05, 0) is 37.2 Å². The Balaban J connectivity index is 0. The van der Waals surface area contributed by atoms with Gasteiger partial charge in [0, 0.05) is 0 Å². The van der Waals surface area contributed by atoms with E-state index in [9.17, 15) is 32.5 Å². The molecule has 0 amide bonds. The fourth-order valence-electron chi connectivity index (χ4n) is 3.81. The van der Waals surface area contributed by atoms with Crippen LogP contribution in [-0.2, 0) is 35.8 Å². The number of Topliss-reactive ketones (excluding diaryl/α,β-unsaturated/α-hetero) is 2. The Labute approximate surface area is 236 Å². The molecule has 0 spiro atoms. The van der Waals surface area contributed by atoms with Crippen molar-refractivity contribution in [1.82, 2.24) is 0 Å². The third kappa shape index (κ3) is 8.96. The van der Waals surface area contributed by atoms with Crippen LogP contribution < -0.4 is 46.8 Å². The van der Waals surface area contributed by atoms with Crippen molar-refractivity contribution in [3.05, 3.63) is 35.9 Å². The van der Waals surface area contributed by atoms with Crippen LogP contribution in [0.15, 0.2) is 30.3 Å². The van der Waals surface area contributed by atoms with Gasteiger partial charge in [-0.3, -0.25) is 18.9 Å². The van der Waals surface area contributed by atoms with Gasteiger partial charge >= 0.3 is 45.6 Å². The SMILES string of the molecule is CC(C)C[C@@H](N)C(=O)C(O)(C(N)CC(C)C(C(=O)OCc1ccccc1)C(=O)[C@@H](C)N)S(=O)(=O)O.[H-].[Na+]. The number of carbonyl (C=O) groups is 3. The van der Waals surface area contributed by atoms with Crippen molar-refractivity contribution in [2.45, 2.75) is 70.2 Å². The Morgan fingerprint density at radius 2 is 1.56 bits per heavy atom. The number of rotatable bonds is 14. The molecule has 11 nitrogen and oxygen atoms in total. The van der Waals surface area contributed by atoms with Crippen LogP contribution in [0.2, 0.25) is 0 Å². The van der Waals surface area contributed by atoms with E-state index < -0.39 is 69.0 Å². The normalized spacial score (nSPS) is 17.6. The van der Waals surface area contributed by atoms with Crippen molar-refractivity contribution >= 4 is 27.7 Å². The summed E-state index contributed by atoms with van der Waals surface area (Å²) in [5, 5.41) is 10.8. The van der Waals surface area contributed by atoms with Gasteiger partial charge in [0.2, 0.25) is 5.78 Å². The van der Waals surface area contributed by atoms with Crippen LogP contribution in [0.3, 0.4) is 0 Å². The molecule has 0 fully saturated rings. The zero-order chi connectivity index (χ0) is 27.1. The topological polar surface area (TPSA) is 213 Å². The summed E-state index contributed by atoms with van der Waals surface area (Å²) in [7, 11) is -5.44. The van der Waals surface area contributed by atoms with E-state index in [2.05, 4.69) is 0 Å². The summed E-state index contributed by atoms with van der Waals surface area (Å²) in [6, 6.07) is 4.29. The molecule has 13 heteroatoms. The van der Waals surface area contributed by atoms with Crippen LogP contribution in [0, 0.1) is 17.8 Å². The average molecular weight is 540 g/mol. The molecule has 0 bridgehead atoms. The van der Waals surface area contributed by atoms with Crippen LogP contribution in [0.25, 0.3) is 0 Å². The van der Waals surface area contributed by atoms with Crippen molar-refractivity contribution in [2.24, 2.45) is 35.0 Å². The van der Waals surface area contributed by atoms with Gasteiger partial charge in [-0.15, -0.1) is 0 Å². The van der Waals surface area contributed by atoms with Crippen LogP contribution in [-0.4, -0.2) is 58.7 Å². The molecule has 0 aliphatic carbocycles. The van der Waals surface area contributed by atoms with Gasteiger partial charge in [-0.1, -0.05) is 51.1 Å². The van der Waals surface area contributed by atoms with E-state index in [4.69, 9.17) is 21.9 Å². The molecule has 6 atom stereocenters. The van der Waals surface area contributed by atoms with Crippen molar-refractivity contribution in [1.29, 1.82) is 0 Å². The second-order valence-electron chi connectivity index (χ2n) is 9.35. The van der Waals surface area contributed by atoms with Gasteiger partial charge in [0.1, 0.15) is 12.5 Å². The van der Waals surface area contributed by atoms with Crippen LogP contribution in [0.4, 0.5) is 0 Å². The number of carbonyl (C=O) groups excluding carboxylic acids is 3. The molecule has 0 radical (unpaired) electrons. The molecule has 0 aromatic heterocycles. The van der Waals surface area contributed by atoms with Crippen molar-refractivity contribution in [2.75, 3.05) is 0 Å². The van der Waals surface area contributed by atoms with E-state index in [0.29, 0.717) is 5.56 Å². The molecule has 0 aliphatic rings. The fraction of sp³-hybridized carbons (Fsp3) is 0.609. The second kappa shape index (κ2) is 14.6. The molecule has 0 heterocycles. The van der Waals surface area contributed by atoms with Crippen LogP contribution >= 0.6 is 0 Å². The van der Waals surface area contributed by atoms with Crippen molar-refractivity contribution < 1.29 is 68.2 Å². The number of nitrogens with two attached hydrogens (primary N) is 3. The maximum Gasteiger partial charge on any atom is 1.00 e. The predicted molar refractivity (Wildman–Crippen MR) is 130 cm³/mol. The molecule has 0 saturated heterocycles.